The summed E-state index contributed by atoms with van der Waals surface area (Å²) in [6.07, 6.45) is -1.15. The fourth-order valence-corrected chi connectivity index (χ4v) is 2.54. The highest BCUT2D eigenvalue weighted by molar-refractivity contribution is 7.99. The third-order valence-electron chi connectivity index (χ3n) is 2.73. The number of rotatable bonds is 7. The van der Waals surface area contributed by atoms with Gasteiger partial charge in [-0.15, -0.1) is 11.8 Å². The molecule has 0 fully saturated rings. The Morgan fingerprint density at radius 2 is 2.10 bits per heavy atom. The third-order valence-corrected chi connectivity index (χ3v) is 3.68. The van der Waals surface area contributed by atoms with Crippen molar-refractivity contribution in [2.75, 3.05) is 5.75 Å². The van der Waals surface area contributed by atoms with Crippen molar-refractivity contribution in [1.29, 1.82) is 0 Å². The summed E-state index contributed by atoms with van der Waals surface area (Å²) in [7, 11) is 0. The van der Waals surface area contributed by atoms with Crippen LogP contribution in [0, 0.1) is 13.8 Å². The largest absolute Gasteiger partial charge is 0.480 e. The minimum absolute atomic E-state index is 0.0978. The van der Waals surface area contributed by atoms with Gasteiger partial charge in [-0.3, -0.25) is 4.79 Å². The van der Waals surface area contributed by atoms with Crippen LogP contribution in [0.3, 0.4) is 0 Å². The van der Waals surface area contributed by atoms with Crippen LogP contribution in [0.1, 0.15) is 23.9 Å². The molecule has 2 atom stereocenters. The highest BCUT2D eigenvalue weighted by Gasteiger charge is 2.24. The number of aliphatic hydroxyl groups excluding tert-OH is 1. The number of carboxylic acids is 1. The van der Waals surface area contributed by atoms with Crippen LogP contribution in [-0.2, 0) is 15.3 Å². The average molecular weight is 302 g/mol. The molecule has 8 heteroatoms. The minimum Gasteiger partial charge on any atom is -0.480 e. The zero-order valence-corrected chi connectivity index (χ0v) is 12.4. The predicted octanol–water partition coefficient (Wildman–Crippen LogP) is 0.475. The SMILES string of the molecule is Cc1noc(C)c1CSCC(=O)NC(C(=O)O)C(C)O. The van der Waals surface area contributed by atoms with Gasteiger partial charge < -0.3 is 20.1 Å². The number of carboxylic acid groups (broad SMARTS) is 1. The number of thioether (sulfide) groups is 1. The number of aliphatic carboxylic acids is 1. The van der Waals surface area contributed by atoms with Crippen molar-refractivity contribution >= 4 is 23.6 Å². The molecular weight excluding hydrogens is 284 g/mol. The molecule has 0 saturated heterocycles. The van der Waals surface area contributed by atoms with Gasteiger partial charge in [-0.2, -0.15) is 0 Å². The lowest BCUT2D eigenvalue weighted by molar-refractivity contribution is -0.144. The Balaban J connectivity index is 2.42. The van der Waals surface area contributed by atoms with Crippen molar-refractivity contribution in [2.24, 2.45) is 0 Å². The van der Waals surface area contributed by atoms with Crippen molar-refractivity contribution in [3.05, 3.63) is 17.0 Å². The van der Waals surface area contributed by atoms with Crippen molar-refractivity contribution in [1.82, 2.24) is 10.5 Å². The van der Waals surface area contributed by atoms with E-state index in [1.807, 2.05) is 6.92 Å². The molecule has 0 aliphatic heterocycles. The van der Waals surface area contributed by atoms with Crippen LogP contribution in [0.25, 0.3) is 0 Å². The van der Waals surface area contributed by atoms with Crippen molar-refractivity contribution in [3.8, 4) is 0 Å². The van der Waals surface area contributed by atoms with E-state index in [0.29, 0.717) is 11.5 Å². The third kappa shape index (κ3) is 4.53. The summed E-state index contributed by atoms with van der Waals surface area (Å²) in [5.74, 6) is -0.330. The molecule has 112 valence electrons. The predicted molar refractivity (Wildman–Crippen MR) is 73.4 cm³/mol. The molecule has 0 aliphatic rings. The first-order chi connectivity index (χ1) is 9.32. The van der Waals surface area contributed by atoms with E-state index in [4.69, 9.17) is 9.63 Å². The lowest BCUT2D eigenvalue weighted by Gasteiger charge is -2.16. The molecule has 0 aliphatic carbocycles. The number of hydrogen-bond acceptors (Lipinski definition) is 6. The van der Waals surface area contributed by atoms with Gasteiger partial charge in [0, 0.05) is 11.3 Å². The number of aryl methyl sites for hydroxylation is 2. The smallest absolute Gasteiger partial charge is 0.328 e. The molecule has 0 saturated carbocycles. The molecule has 20 heavy (non-hydrogen) atoms. The van der Waals surface area contributed by atoms with E-state index in [1.165, 1.54) is 18.7 Å². The van der Waals surface area contributed by atoms with Crippen LogP contribution >= 0.6 is 11.8 Å². The quantitative estimate of drug-likeness (QED) is 0.671. The molecule has 0 bridgehead atoms. The standard InChI is InChI=1S/C12H18N2O5S/c1-6-9(8(3)19-14-6)4-20-5-10(16)13-11(7(2)15)12(17)18/h7,11,15H,4-5H2,1-3H3,(H,13,16)(H,17,18). The Hall–Kier alpha value is -1.54. The number of aliphatic hydroxyl groups is 1. The molecule has 7 nitrogen and oxygen atoms in total. The van der Waals surface area contributed by atoms with Gasteiger partial charge in [0.05, 0.1) is 17.6 Å². The van der Waals surface area contributed by atoms with E-state index in [1.54, 1.807) is 6.92 Å². The van der Waals surface area contributed by atoms with Gasteiger partial charge in [0.25, 0.3) is 0 Å². The Kier molecular flexibility index (Phi) is 6.03. The van der Waals surface area contributed by atoms with Gasteiger partial charge in [0.15, 0.2) is 6.04 Å². The summed E-state index contributed by atoms with van der Waals surface area (Å²) in [5.41, 5.74) is 1.72. The Morgan fingerprint density at radius 3 is 2.55 bits per heavy atom. The number of nitrogens with one attached hydrogen (secondary N) is 1. The lowest BCUT2D eigenvalue weighted by atomic mass is 10.2. The second kappa shape index (κ2) is 7.30. The maximum Gasteiger partial charge on any atom is 0.328 e. The first-order valence-corrected chi connectivity index (χ1v) is 7.18. The number of amides is 1. The number of nitrogens with zero attached hydrogens (tertiary/aromatic N) is 1. The van der Waals surface area contributed by atoms with E-state index in [2.05, 4.69) is 10.5 Å². The van der Waals surface area contributed by atoms with Gasteiger partial charge in [-0.1, -0.05) is 5.16 Å². The van der Waals surface area contributed by atoms with Crippen LogP contribution in [0.5, 0.6) is 0 Å². The molecule has 0 aromatic carbocycles. The van der Waals surface area contributed by atoms with Gasteiger partial charge in [-0.25, -0.2) is 4.79 Å². The Morgan fingerprint density at radius 1 is 1.45 bits per heavy atom. The number of hydrogen-bond donors (Lipinski definition) is 3. The van der Waals surface area contributed by atoms with Gasteiger partial charge in [-0.05, 0) is 20.8 Å². The molecule has 1 aromatic rings. The molecule has 1 heterocycles. The molecule has 3 N–H and O–H groups in total. The van der Waals surface area contributed by atoms with E-state index < -0.39 is 24.0 Å². The summed E-state index contributed by atoms with van der Waals surface area (Å²) < 4.78 is 5.01. The van der Waals surface area contributed by atoms with Crippen LogP contribution in [-0.4, -0.2) is 45.1 Å². The van der Waals surface area contributed by atoms with E-state index in [-0.39, 0.29) is 5.75 Å². The van der Waals surface area contributed by atoms with Gasteiger partial charge in [0.2, 0.25) is 5.91 Å². The minimum atomic E-state index is -1.29. The second-order valence-electron chi connectivity index (χ2n) is 4.42. The molecule has 2 unspecified atom stereocenters. The summed E-state index contributed by atoms with van der Waals surface area (Å²) in [6, 6.07) is -1.29. The number of carbonyl (C=O) groups is 2. The fraction of sp³-hybridized carbons (Fsp3) is 0.583. The van der Waals surface area contributed by atoms with E-state index >= 15 is 0 Å². The summed E-state index contributed by atoms with van der Waals surface area (Å²) in [4.78, 5) is 22.4. The maximum absolute atomic E-state index is 11.6. The summed E-state index contributed by atoms with van der Waals surface area (Å²) in [5, 5.41) is 24.2. The van der Waals surface area contributed by atoms with Crippen molar-refractivity contribution in [3.63, 3.8) is 0 Å². The lowest BCUT2D eigenvalue weighted by Crippen LogP contribution is -2.48. The van der Waals surface area contributed by atoms with Gasteiger partial charge in [0.1, 0.15) is 5.76 Å². The van der Waals surface area contributed by atoms with Crippen LogP contribution in [0.15, 0.2) is 4.52 Å². The first kappa shape index (κ1) is 16.5. The van der Waals surface area contributed by atoms with Crippen LogP contribution in [0.2, 0.25) is 0 Å². The van der Waals surface area contributed by atoms with Crippen molar-refractivity contribution < 1.29 is 24.3 Å². The number of aromatic nitrogens is 1. The van der Waals surface area contributed by atoms with Gasteiger partial charge >= 0.3 is 5.97 Å². The molecule has 1 amide bonds. The zero-order valence-electron chi connectivity index (χ0n) is 11.5. The van der Waals surface area contributed by atoms with Crippen molar-refractivity contribution in [2.45, 2.75) is 38.7 Å². The Labute approximate surface area is 120 Å². The first-order valence-electron chi connectivity index (χ1n) is 6.02. The molecule has 1 rings (SSSR count). The van der Waals surface area contributed by atoms with E-state index in [9.17, 15) is 14.7 Å². The summed E-state index contributed by atoms with van der Waals surface area (Å²) >= 11 is 1.33. The molecule has 0 radical (unpaired) electrons. The Bertz CT molecular complexity index is 467. The maximum atomic E-state index is 11.6. The normalized spacial score (nSPS) is 13.8. The zero-order chi connectivity index (χ0) is 15.3. The molecule has 0 spiro atoms. The fourth-order valence-electron chi connectivity index (χ4n) is 1.56. The second-order valence-corrected chi connectivity index (χ2v) is 5.41. The average Bonchev–Trinajstić information content (AvgIpc) is 2.66. The number of carbonyl (C=O) groups excluding carboxylic acids is 1. The van der Waals surface area contributed by atoms with Crippen LogP contribution in [0.4, 0.5) is 0 Å². The van der Waals surface area contributed by atoms with Crippen LogP contribution < -0.4 is 5.32 Å². The topological polar surface area (TPSA) is 113 Å². The molecular formula is C12H18N2O5S. The highest BCUT2D eigenvalue weighted by atomic mass is 32.2. The molecule has 1 aromatic heterocycles. The van der Waals surface area contributed by atoms with E-state index in [0.717, 1.165) is 11.3 Å². The summed E-state index contributed by atoms with van der Waals surface area (Å²) in [6.45, 7) is 4.93. The highest BCUT2D eigenvalue weighted by Crippen LogP contribution is 2.19. The monoisotopic (exact) mass is 302 g/mol.